The van der Waals surface area contributed by atoms with Crippen LogP contribution >= 0.6 is 0 Å². The van der Waals surface area contributed by atoms with E-state index in [2.05, 4.69) is 15.3 Å². The summed E-state index contributed by atoms with van der Waals surface area (Å²) in [4.78, 5) is 35.7. The average molecular weight is 455 g/mol. The third-order valence-electron chi connectivity index (χ3n) is 5.15. The zero-order valence-electron chi connectivity index (χ0n) is 18.1. The lowest BCUT2D eigenvalue weighted by molar-refractivity contribution is 0.0820. The molecule has 2 amide bonds. The molecule has 0 radical (unpaired) electrons. The van der Waals surface area contributed by atoms with Crippen LogP contribution in [-0.4, -0.2) is 65.3 Å². The van der Waals surface area contributed by atoms with Gasteiger partial charge in [-0.25, -0.2) is 13.6 Å². The number of aromatic nitrogens is 2. The van der Waals surface area contributed by atoms with Crippen molar-refractivity contribution < 1.29 is 23.1 Å². The summed E-state index contributed by atoms with van der Waals surface area (Å²) in [6.07, 6.45) is 0.220. The number of para-hydroxylation sites is 1. The summed E-state index contributed by atoms with van der Waals surface area (Å²) in [7, 11) is 3.24. The van der Waals surface area contributed by atoms with Crippen LogP contribution in [0.15, 0.2) is 48.8 Å². The SMILES string of the molecule is CN(C)C(=O)N1CC(=O)c2c([nH]c(-c3ccncc3OCC(F)F)c2Nc2ccccc2)C1. The second-order valence-electron chi connectivity index (χ2n) is 7.75. The lowest BCUT2D eigenvalue weighted by atomic mass is 10.0. The topological polar surface area (TPSA) is 90.6 Å². The van der Waals surface area contributed by atoms with E-state index >= 15 is 0 Å². The molecule has 1 aromatic carbocycles. The predicted octanol–water partition coefficient (Wildman–Crippen LogP) is 4.14. The smallest absolute Gasteiger partial charge is 0.320 e. The maximum atomic E-state index is 13.2. The van der Waals surface area contributed by atoms with Crippen LogP contribution in [0.2, 0.25) is 0 Å². The summed E-state index contributed by atoms with van der Waals surface area (Å²) >= 11 is 0. The van der Waals surface area contributed by atoms with Gasteiger partial charge in [0.25, 0.3) is 6.43 Å². The number of urea groups is 1. The summed E-state index contributed by atoms with van der Waals surface area (Å²) in [6.45, 7) is -0.666. The van der Waals surface area contributed by atoms with Gasteiger partial charge in [-0.2, -0.15) is 0 Å². The third kappa shape index (κ3) is 4.64. The largest absolute Gasteiger partial charge is 0.485 e. The highest BCUT2D eigenvalue weighted by Gasteiger charge is 2.33. The first-order chi connectivity index (χ1) is 15.8. The number of ketones is 1. The van der Waals surface area contributed by atoms with Gasteiger partial charge in [0.2, 0.25) is 0 Å². The number of amides is 2. The highest BCUT2D eigenvalue weighted by molar-refractivity contribution is 6.09. The van der Waals surface area contributed by atoms with Gasteiger partial charge in [0, 0.05) is 37.2 Å². The minimum Gasteiger partial charge on any atom is -0.485 e. The van der Waals surface area contributed by atoms with E-state index < -0.39 is 13.0 Å². The van der Waals surface area contributed by atoms with E-state index in [-0.39, 0.29) is 30.7 Å². The quantitative estimate of drug-likeness (QED) is 0.583. The van der Waals surface area contributed by atoms with Crippen LogP contribution in [0.1, 0.15) is 16.1 Å². The summed E-state index contributed by atoms with van der Waals surface area (Å²) in [5, 5.41) is 3.28. The van der Waals surface area contributed by atoms with Gasteiger partial charge in [-0.15, -0.1) is 0 Å². The first-order valence-corrected chi connectivity index (χ1v) is 10.3. The Kier molecular flexibility index (Phi) is 6.25. The van der Waals surface area contributed by atoms with Crippen molar-refractivity contribution in [3.63, 3.8) is 0 Å². The molecule has 0 fully saturated rings. The van der Waals surface area contributed by atoms with Crippen molar-refractivity contribution in [1.29, 1.82) is 0 Å². The monoisotopic (exact) mass is 455 g/mol. The molecule has 10 heteroatoms. The number of Topliss-reactive ketones (excluding diaryl/α,β-unsaturated/α-hetero) is 1. The number of alkyl halides is 2. The molecule has 8 nitrogen and oxygen atoms in total. The molecule has 0 aliphatic carbocycles. The van der Waals surface area contributed by atoms with Gasteiger partial charge in [-0.3, -0.25) is 9.78 Å². The number of aromatic amines is 1. The Morgan fingerprint density at radius 3 is 2.70 bits per heavy atom. The number of nitrogens with zero attached hydrogens (tertiary/aromatic N) is 3. The van der Waals surface area contributed by atoms with Crippen molar-refractivity contribution in [2.75, 3.05) is 32.6 Å². The molecule has 3 heterocycles. The van der Waals surface area contributed by atoms with E-state index in [1.165, 1.54) is 22.2 Å². The van der Waals surface area contributed by atoms with Gasteiger partial charge in [0.05, 0.1) is 36.2 Å². The maximum Gasteiger partial charge on any atom is 0.320 e. The Morgan fingerprint density at radius 2 is 2.00 bits per heavy atom. The zero-order chi connectivity index (χ0) is 23.5. The number of hydrogen-bond acceptors (Lipinski definition) is 5. The highest BCUT2D eigenvalue weighted by atomic mass is 19.3. The average Bonchev–Trinajstić information content (AvgIpc) is 3.16. The molecule has 172 valence electrons. The highest BCUT2D eigenvalue weighted by Crippen LogP contribution is 2.41. The fourth-order valence-corrected chi connectivity index (χ4v) is 3.74. The Hall–Kier alpha value is -3.95. The number of anilines is 2. The van der Waals surface area contributed by atoms with Gasteiger partial charge < -0.3 is 24.8 Å². The van der Waals surface area contributed by atoms with Crippen molar-refractivity contribution in [2.45, 2.75) is 13.0 Å². The number of halogens is 2. The molecule has 0 saturated heterocycles. The van der Waals surface area contributed by atoms with Crippen molar-refractivity contribution >= 4 is 23.2 Å². The van der Waals surface area contributed by atoms with Crippen molar-refractivity contribution in [1.82, 2.24) is 19.8 Å². The van der Waals surface area contributed by atoms with Gasteiger partial charge in [0.1, 0.15) is 12.4 Å². The minimum absolute atomic E-state index is 0.0736. The van der Waals surface area contributed by atoms with Crippen LogP contribution < -0.4 is 10.1 Å². The number of hydrogen-bond donors (Lipinski definition) is 2. The van der Waals surface area contributed by atoms with Crippen molar-refractivity contribution in [2.24, 2.45) is 0 Å². The summed E-state index contributed by atoms with van der Waals surface area (Å²) < 4.78 is 30.9. The number of nitrogens with one attached hydrogen (secondary N) is 2. The predicted molar refractivity (Wildman–Crippen MR) is 119 cm³/mol. The standard InChI is InChI=1S/C23H23F2N5O3/c1-29(2)23(32)30-11-16-20(17(31)12-30)22(27-14-6-4-3-5-7-14)21(28-16)15-8-9-26-10-18(15)33-13-19(24)25/h3-10,19,27-28H,11-13H2,1-2H3. The molecule has 1 aliphatic heterocycles. The van der Waals surface area contributed by atoms with Crippen LogP contribution in [0.3, 0.4) is 0 Å². The fourth-order valence-electron chi connectivity index (χ4n) is 3.74. The number of benzene rings is 1. The lowest BCUT2D eigenvalue weighted by Crippen LogP contribution is -2.44. The van der Waals surface area contributed by atoms with E-state index in [0.717, 1.165) is 5.69 Å². The Bertz CT molecular complexity index is 1160. The lowest BCUT2D eigenvalue weighted by Gasteiger charge is -2.28. The van der Waals surface area contributed by atoms with Crippen LogP contribution in [0.25, 0.3) is 11.3 Å². The number of ether oxygens (including phenoxy) is 1. The number of carbonyl (C=O) groups is 2. The number of H-pyrrole nitrogens is 1. The van der Waals surface area contributed by atoms with Gasteiger partial charge in [-0.05, 0) is 18.2 Å². The molecule has 0 unspecified atom stereocenters. The zero-order valence-corrected chi connectivity index (χ0v) is 18.1. The molecule has 0 saturated carbocycles. The molecular weight excluding hydrogens is 432 g/mol. The van der Waals surface area contributed by atoms with E-state index in [1.807, 2.05) is 30.3 Å². The maximum absolute atomic E-state index is 13.2. The molecule has 0 spiro atoms. The second-order valence-corrected chi connectivity index (χ2v) is 7.75. The third-order valence-corrected chi connectivity index (χ3v) is 5.15. The number of fused-ring (bicyclic) bond motifs is 1. The Morgan fingerprint density at radius 1 is 1.24 bits per heavy atom. The van der Waals surface area contributed by atoms with Gasteiger partial charge in [-0.1, -0.05) is 18.2 Å². The van der Waals surface area contributed by atoms with Gasteiger partial charge >= 0.3 is 6.03 Å². The van der Waals surface area contributed by atoms with Crippen LogP contribution in [0.4, 0.5) is 25.0 Å². The van der Waals surface area contributed by atoms with E-state index in [4.69, 9.17) is 4.74 Å². The Balaban J connectivity index is 1.82. The molecule has 4 rings (SSSR count). The summed E-state index contributed by atoms with van der Waals surface area (Å²) in [5.74, 6) is -0.0855. The minimum atomic E-state index is -2.65. The molecular formula is C23H23F2N5O3. The number of rotatable bonds is 6. The van der Waals surface area contributed by atoms with Crippen molar-refractivity contribution in [3.8, 4) is 17.0 Å². The fraction of sp³-hybridized carbons (Fsp3) is 0.261. The molecule has 2 N–H and O–H groups in total. The number of pyridine rings is 1. The molecule has 33 heavy (non-hydrogen) atoms. The molecule has 1 aliphatic rings. The Labute approximate surface area is 189 Å². The summed E-state index contributed by atoms with van der Waals surface area (Å²) in [6, 6.07) is 10.6. The van der Waals surface area contributed by atoms with E-state index in [9.17, 15) is 18.4 Å². The van der Waals surface area contributed by atoms with E-state index in [0.29, 0.717) is 28.2 Å². The molecule has 3 aromatic rings. The van der Waals surface area contributed by atoms with E-state index in [1.54, 1.807) is 20.2 Å². The molecule has 0 bridgehead atoms. The first kappa shape index (κ1) is 22.3. The van der Waals surface area contributed by atoms with Crippen LogP contribution in [0.5, 0.6) is 5.75 Å². The van der Waals surface area contributed by atoms with Crippen molar-refractivity contribution in [3.05, 3.63) is 60.0 Å². The normalized spacial score (nSPS) is 13.1. The molecule has 2 aromatic heterocycles. The second kappa shape index (κ2) is 9.27. The van der Waals surface area contributed by atoms with Crippen LogP contribution in [0, 0.1) is 0 Å². The van der Waals surface area contributed by atoms with Crippen LogP contribution in [-0.2, 0) is 6.54 Å². The summed E-state index contributed by atoms with van der Waals surface area (Å²) in [5.41, 5.74) is 3.16. The molecule has 0 atom stereocenters. The first-order valence-electron chi connectivity index (χ1n) is 10.3. The van der Waals surface area contributed by atoms with Gasteiger partial charge in [0.15, 0.2) is 5.78 Å². The number of carbonyl (C=O) groups excluding carboxylic acids is 2.